The minimum Gasteiger partial charge on any atom is -0.404 e. The first-order chi connectivity index (χ1) is 9.73. The maximum atomic E-state index is 12.3. The van der Waals surface area contributed by atoms with Crippen molar-refractivity contribution < 1.29 is 22.7 Å². The number of hydrogen-bond donors (Lipinski definition) is 2. The Morgan fingerprint density at radius 2 is 1.90 bits per heavy atom. The summed E-state index contributed by atoms with van der Waals surface area (Å²) in [6, 6.07) is 4.92. The van der Waals surface area contributed by atoms with Crippen LogP contribution in [0.4, 0.5) is 18.9 Å². The molecule has 1 amide bonds. The Balaban J connectivity index is 2.76. The molecule has 0 saturated carbocycles. The number of carbonyl (C=O) groups is 1. The summed E-state index contributed by atoms with van der Waals surface area (Å²) in [6.07, 6.45) is -4.01. The van der Waals surface area contributed by atoms with Gasteiger partial charge in [0.05, 0.1) is 5.69 Å². The van der Waals surface area contributed by atoms with E-state index in [1.54, 1.807) is 13.0 Å². The molecule has 7 heteroatoms. The van der Waals surface area contributed by atoms with Gasteiger partial charge in [0.15, 0.2) is 5.75 Å². The van der Waals surface area contributed by atoms with Gasteiger partial charge < -0.3 is 15.4 Å². The molecule has 1 aromatic rings. The molecule has 1 aromatic carbocycles. The van der Waals surface area contributed by atoms with Gasteiger partial charge >= 0.3 is 6.36 Å². The Morgan fingerprint density at radius 3 is 2.48 bits per heavy atom. The van der Waals surface area contributed by atoms with Gasteiger partial charge in [0.1, 0.15) is 6.04 Å². The topological polar surface area (TPSA) is 50.4 Å². The Bertz CT molecular complexity index is 478. The number of hydrogen-bond acceptors (Lipinski definition) is 3. The van der Waals surface area contributed by atoms with Crippen LogP contribution in [-0.4, -0.2) is 24.4 Å². The highest BCUT2D eigenvalue weighted by atomic mass is 19.4. The standard InChI is InChI=1S/C14H19F3N2O2/c1-4-9(2)18-13(20)10(3)19-11-7-5-6-8-12(11)21-14(15,16)17/h5-10,19H,4H2,1-3H3,(H,18,20). The summed E-state index contributed by atoms with van der Waals surface area (Å²) in [5.74, 6) is -0.653. The van der Waals surface area contributed by atoms with Crippen molar-refractivity contribution in [3.8, 4) is 5.75 Å². The second-order valence-electron chi connectivity index (χ2n) is 4.73. The number of amides is 1. The van der Waals surface area contributed by atoms with Crippen LogP contribution in [-0.2, 0) is 4.79 Å². The molecule has 2 N–H and O–H groups in total. The van der Waals surface area contributed by atoms with E-state index < -0.39 is 12.4 Å². The normalized spacial score (nSPS) is 14.2. The van der Waals surface area contributed by atoms with Gasteiger partial charge in [0.25, 0.3) is 0 Å². The van der Waals surface area contributed by atoms with E-state index in [1.807, 2.05) is 13.8 Å². The van der Waals surface area contributed by atoms with E-state index in [2.05, 4.69) is 15.4 Å². The lowest BCUT2D eigenvalue weighted by Gasteiger charge is -2.20. The van der Waals surface area contributed by atoms with Crippen molar-refractivity contribution in [3.05, 3.63) is 24.3 Å². The van der Waals surface area contributed by atoms with Gasteiger partial charge in [-0.3, -0.25) is 4.79 Å². The third kappa shape index (κ3) is 5.93. The number of nitrogens with one attached hydrogen (secondary N) is 2. The summed E-state index contributed by atoms with van der Waals surface area (Å²) >= 11 is 0. The van der Waals surface area contributed by atoms with Gasteiger partial charge in [0.2, 0.25) is 5.91 Å². The van der Waals surface area contributed by atoms with E-state index in [4.69, 9.17) is 0 Å². The first-order valence-corrected chi connectivity index (χ1v) is 6.64. The number of alkyl halides is 3. The number of carbonyl (C=O) groups excluding carboxylic acids is 1. The molecular weight excluding hydrogens is 285 g/mol. The molecule has 1 rings (SSSR count). The lowest BCUT2D eigenvalue weighted by atomic mass is 10.2. The summed E-state index contributed by atoms with van der Waals surface area (Å²) in [4.78, 5) is 11.9. The molecule has 21 heavy (non-hydrogen) atoms. The minimum absolute atomic E-state index is 0.00317. The van der Waals surface area contributed by atoms with Crippen molar-refractivity contribution in [2.24, 2.45) is 0 Å². The van der Waals surface area contributed by atoms with Crippen LogP contribution in [0.2, 0.25) is 0 Å². The van der Waals surface area contributed by atoms with Gasteiger partial charge in [-0.15, -0.1) is 13.2 Å². The Kier molecular flexibility index (Phi) is 5.87. The van der Waals surface area contributed by atoms with E-state index in [1.165, 1.54) is 18.2 Å². The fourth-order valence-corrected chi connectivity index (χ4v) is 1.57. The highest BCUT2D eigenvalue weighted by Gasteiger charge is 2.32. The number of benzene rings is 1. The van der Waals surface area contributed by atoms with Crippen LogP contribution >= 0.6 is 0 Å². The number of anilines is 1. The second kappa shape index (κ2) is 7.19. The first-order valence-electron chi connectivity index (χ1n) is 6.64. The molecule has 0 aromatic heterocycles. The summed E-state index contributed by atoms with van der Waals surface area (Å²) in [5.41, 5.74) is 0.113. The van der Waals surface area contributed by atoms with Crippen LogP contribution in [0.25, 0.3) is 0 Å². The van der Waals surface area contributed by atoms with Crippen LogP contribution in [0.15, 0.2) is 24.3 Å². The lowest BCUT2D eigenvalue weighted by molar-refractivity contribution is -0.274. The monoisotopic (exact) mass is 304 g/mol. The van der Waals surface area contributed by atoms with Gasteiger partial charge in [-0.1, -0.05) is 19.1 Å². The largest absolute Gasteiger partial charge is 0.573 e. The summed E-state index contributed by atoms with van der Waals surface area (Å²) < 4.78 is 40.8. The fourth-order valence-electron chi connectivity index (χ4n) is 1.57. The van der Waals surface area contributed by atoms with Crippen LogP contribution in [0, 0.1) is 0 Å². The summed E-state index contributed by atoms with van der Waals surface area (Å²) in [6.45, 7) is 5.35. The Morgan fingerprint density at radius 1 is 1.29 bits per heavy atom. The average molecular weight is 304 g/mol. The van der Waals surface area contributed by atoms with E-state index >= 15 is 0 Å². The van der Waals surface area contributed by atoms with Crippen molar-refractivity contribution in [2.45, 2.75) is 45.6 Å². The van der Waals surface area contributed by atoms with Crippen molar-refractivity contribution >= 4 is 11.6 Å². The van der Waals surface area contributed by atoms with Crippen LogP contribution in [0.5, 0.6) is 5.75 Å². The third-order valence-electron chi connectivity index (χ3n) is 2.88. The highest BCUT2D eigenvalue weighted by Crippen LogP contribution is 2.30. The van der Waals surface area contributed by atoms with Crippen molar-refractivity contribution in [1.29, 1.82) is 0 Å². The predicted octanol–water partition coefficient (Wildman–Crippen LogP) is 3.30. The SMILES string of the molecule is CCC(C)NC(=O)C(C)Nc1ccccc1OC(F)(F)F. The fraction of sp³-hybridized carbons (Fsp3) is 0.500. The number of ether oxygens (including phenoxy) is 1. The smallest absolute Gasteiger partial charge is 0.404 e. The van der Waals surface area contributed by atoms with Crippen molar-refractivity contribution in [1.82, 2.24) is 5.32 Å². The highest BCUT2D eigenvalue weighted by molar-refractivity contribution is 5.84. The molecule has 4 nitrogen and oxygen atoms in total. The van der Waals surface area contributed by atoms with Gasteiger partial charge in [-0.2, -0.15) is 0 Å². The molecule has 0 aliphatic carbocycles. The van der Waals surface area contributed by atoms with Crippen LogP contribution in [0.1, 0.15) is 27.2 Å². The van der Waals surface area contributed by atoms with Gasteiger partial charge in [-0.05, 0) is 32.4 Å². The number of rotatable bonds is 6. The van der Waals surface area contributed by atoms with E-state index in [9.17, 15) is 18.0 Å². The van der Waals surface area contributed by atoms with Gasteiger partial charge in [-0.25, -0.2) is 0 Å². The maximum Gasteiger partial charge on any atom is 0.573 e. The molecule has 2 atom stereocenters. The van der Waals surface area contributed by atoms with E-state index in [0.717, 1.165) is 6.42 Å². The lowest BCUT2D eigenvalue weighted by Crippen LogP contribution is -2.41. The molecule has 0 bridgehead atoms. The molecule has 2 unspecified atom stereocenters. The van der Waals surface area contributed by atoms with E-state index in [-0.39, 0.29) is 23.4 Å². The quantitative estimate of drug-likeness (QED) is 0.848. The third-order valence-corrected chi connectivity index (χ3v) is 2.88. The number of para-hydroxylation sites is 2. The molecule has 0 heterocycles. The van der Waals surface area contributed by atoms with Crippen molar-refractivity contribution in [3.63, 3.8) is 0 Å². The maximum absolute atomic E-state index is 12.3. The average Bonchev–Trinajstić information content (AvgIpc) is 2.39. The molecule has 0 spiro atoms. The Labute approximate surface area is 121 Å². The van der Waals surface area contributed by atoms with Gasteiger partial charge in [0, 0.05) is 6.04 Å². The molecular formula is C14H19F3N2O2. The zero-order valence-electron chi connectivity index (χ0n) is 12.1. The first kappa shape index (κ1) is 17.1. The predicted molar refractivity (Wildman–Crippen MR) is 74.1 cm³/mol. The molecule has 0 fully saturated rings. The van der Waals surface area contributed by atoms with Crippen molar-refractivity contribution in [2.75, 3.05) is 5.32 Å². The second-order valence-corrected chi connectivity index (χ2v) is 4.73. The Hall–Kier alpha value is -1.92. The minimum atomic E-state index is -4.78. The molecule has 0 radical (unpaired) electrons. The molecule has 0 saturated heterocycles. The molecule has 118 valence electrons. The zero-order valence-corrected chi connectivity index (χ0v) is 12.1. The van der Waals surface area contributed by atoms with E-state index in [0.29, 0.717) is 0 Å². The zero-order chi connectivity index (χ0) is 16.0. The molecule has 0 aliphatic heterocycles. The van der Waals surface area contributed by atoms with Crippen LogP contribution in [0.3, 0.4) is 0 Å². The van der Waals surface area contributed by atoms with Crippen LogP contribution < -0.4 is 15.4 Å². The summed E-state index contributed by atoms with van der Waals surface area (Å²) in [7, 11) is 0. The number of halogens is 3. The molecule has 0 aliphatic rings. The summed E-state index contributed by atoms with van der Waals surface area (Å²) in [5, 5.41) is 5.48.